The molecule has 0 amide bonds. The second kappa shape index (κ2) is 13.7. The third-order valence-electron chi connectivity index (χ3n) is 5.75. The van der Waals surface area contributed by atoms with Crippen LogP contribution < -0.4 is 0 Å². The summed E-state index contributed by atoms with van der Waals surface area (Å²) in [7, 11) is 0. The number of benzene rings is 3. The molecule has 0 unspecified atom stereocenters. The van der Waals surface area contributed by atoms with Crippen LogP contribution in [0.2, 0.25) is 0 Å². The van der Waals surface area contributed by atoms with Gasteiger partial charge in [0.05, 0.1) is 0 Å². The topological polar surface area (TPSA) is 211 Å². The molecule has 13 heteroatoms. The van der Waals surface area contributed by atoms with Crippen molar-refractivity contribution < 1.29 is 62.4 Å². The molecule has 3 aromatic heterocycles. The van der Waals surface area contributed by atoms with Crippen LogP contribution >= 0.6 is 0 Å². The number of para-hydroxylation sites is 3. The van der Waals surface area contributed by atoms with Gasteiger partial charge in [-0.25, -0.2) is 29.3 Å². The summed E-state index contributed by atoms with van der Waals surface area (Å²) < 4.78 is 0. The molecule has 0 aliphatic carbocycles. The van der Waals surface area contributed by atoms with E-state index >= 15 is 0 Å². The molecule has 0 radical (unpaired) electrons. The van der Waals surface area contributed by atoms with Crippen LogP contribution in [0.5, 0.6) is 17.2 Å². The molecule has 3 heterocycles. The predicted octanol–water partition coefficient (Wildman–Crippen LogP) is 4.91. The molecule has 216 valence electrons. The van der Waals surface area contributed by atoms with E-state index in [2.05, 4.69) is 15.0 Å². The first-order valence-corrected chi connectivity index (χ1v) is 12.0. The Labute approximate surface area is 252 Å². The van der Waals surface area contributed by atoms with E-state index in [-0.39, 0.29) is 51.7 Å². The third kappa shape index (κ3) is 7.50. The number of carboxylic acid groups (broad SMARTS) is 3. The zero-order chi connectivity index (χ0) is 30.4. The summed E-state index contributed by atoms with van der Waals surface area (Å²) in [5.74, 6) is -3.33. The van der Waals surface area contributed by atoms with Gasteiger partial charge in [-0.3, -0.25) is 0 Å². The molecule has 0 aliphatic rings. The van der Waals surface area contributed by atoms with Gasteiger partial charge in [-0.05, 0) is 36.4 Å². The van der Waals surface area contributed by atoms with E-state index in [1.165, 1.54) is 36.4 Å². The summed E-state index contributed by atoms with van der Waals surface area (Å²) in [5.41, 5.74) is 0.726. The van der Waals surface area contributed by atoms with E-state index in [9.17, 15) is 29.7 Å². The Morgan fingerprint density at radius 2 is 0.674 bits per heavy atom. The van der Waals surface area contributed by atoms with E-state index in [4.69, 9.17) is 15.3 Å². The molecule has 0 aliphatic heterocycles. The molecule has 0 spiro atoms. The van der Waals surface area contributed by atoms with Crippen LogP contribution in [-0.4, -0.2) is 63.5 Å². The zero-order valence-corrected chi connectivity index (χ0v) is 23.1. The van der Waals surface area contributed by atoms with E-state index in [0.29, 0.717) is 16.6 Å². The average Bonchev–Trinajstić information content (AvgIpc) is 2.98. The number of aromatic nitrogens is 3. The molecule has 0 bridgehead atoms. The van der Waals surface area contributed by atoms with Crippen molar-refractivity contribution in [3.8, 4) is 17.2 Å². The number of hydrogen-bond acceptors (Lipinski definition) is 9. The van der Waals surface area contributed by atoms with Crippen molar-refractivity contribution in [3.05, 3.63) is 108 Å². The molecule has 43 heavy (non-hydrogen) atoms. The number of aromatic carboxylic acids is 3. The number of nitrogens with zero attached hydrogens (tertiary/aromatic N) is 3. The number of aromatic hydroxyl groups is 3. The minimum atomic E-state index is -1.10. The van der Waals surface area contributed by atoms with Gasteiger partial charge in [0.15, 0.2) is 0 Å². The summed E-state index contributed by atoms with van der Waals surface area (Å²) in [4.78, 5) is 43.3. The van der Waals surface area contributed by atoms with Crippen LogP contribution in [0.3, 0.4) is 0 Å². The fourth-order valence-corrected chi connectivity index (χ4v) is 3.75. The molecule has 3 aromatic carbocycles. The van der Waals surface area contributed by atoms with Gasteiger partial charge >= 0.3 is 17.9 Å². The molecule has 0 saturated heterocycles. The number of pyridine rings is 3. The molecule has 0 saturated carbocycles. The maximum Gasteiger partial charge on any atom is 0.354 e. The summed E-state index contributed by atoms with van der Waals surface area (Å²) in [5, 5.41) is 56.5. The number of rotatable bonds is 3. The van der Waals surface area contributed by atoms with Gasteiger partial charge in [-0.2, -0.15) is 0 Å². The largest absolute Gasteiger partial charge is 0.506 e. The maximum absolute atomic E-state index is 10.6. The van der Waals surface area contributed by atoms with Crippen LogP contribution in [0.25, 0.3) is 32.7 Å². The standard InChI is InChI=1S/3C10H7NO3.Cr/c3*12-8-3-1-2-6-4-5-7(10(13)14)11-9(6)8;/h3*1-5,12H,(H,13,14);. The Bertz CT molecular complexity index is 1760. The number of carboxylic acids is 3. The number of phenolic OH excluding ortho intramolecular Hbond substituents is 3. The van der Waals surface area contributed by atoms with E-state index in [0.717, 1.165) is 16.2 Å². The molecular weight excluding hydrogens is 598 g/mol. The van der Waals surface area contributed by atoms with E-state index in [1.54, 1.807) is 54.6 Å². The monoisotopic (exact) mass is 619 g/mol. The first kappa shape index (κ1) is 31.8. The zero-order valence-electron chi connectivity index (χ0n) is 21.8. The van der Waals surface area contributed by atoms with Gasteiger partial charge in [0.2, 0.25) is 0 Å². The normalized spacial score (nSPS) is 10.0. The number of fused-ring (bicyclic) bond motifs is 3. The van der Waals surface area contributed by atoms with Crippen LogP contribution in [0.4, 0.5) is 0 Å². The van der Waals surface area contributed by atoms with Gasteiger partial charge in [0.25, 0.3) is 0 Å². The molecule has 12 nitrogen and oxygen atoms in total. The Morgan fingerprint density at radius 3 is 0.907 bits per heavy atom. The van der Waals surface area contributed by atoms with E-state index < -0.39 is 17.9 Å². The van der Waals surface area contributed by atoms with Gasteiger partial charge in [0.1, 0.15) is 50.9 Å². The van der Waals surface area contributed by atoms with Gasteiger partial charge in [0, 0.05) is 33.5 Å². The van der Waals surface area contributed by atoms with Crippen molar-refractivity contribution in [2.45, 2.75) is 0 Å². The second-order valence-corrected chi connectivity index (χ2v) is 8.55. The molecule has 6 aromatic rings. The van der Waals surface area contributed by atoms with E-state index in [1.807, 2.05) is 0 Å². The van der Waals surface area contributed by atoms with Crippen molar-refractivity contribution in [1.29, 1.82) is 0 Å². The number of phenols is 3. The summed E-state index contributed by atoms with van der Waals surface area (Å²) >= 11 is 0. The van der Waals surface area contributed by atoms with Crippen molar-refractivity contribution in [1.82, 2.24) is 15.0 Å². The smallest absolute Gasteiger partial charge is 0.354 e. The maximum atomic E-state index is 10.6. The molecular formula is C30H21CrN3O9. The van der Waals surface area contributed by atoms with Crippen LogP contribution in [0.15, 0.2) is 91.0 Å². The molecule has 0 atom stereocenters. The fourth-order valence-electron chi connectivity index (χ4n) is 3.75. The molecule has 0 fully saturated rings. The first-order chi connectivity index (χ1) is 20.0. The Kier molecular flexibility index (Phi) is 10.1. The van der Waals surface area contributed by atoms with Crippen molar-refractivity contribution in [2.24, 2.45) is 0 Å². The Balaban J connectivity index is 0.000000175. The van der Waals surface area contributed by atoms with Crippen LogP contribution in [0, 0.1) is 0 Å². The summed E-state index contributed by atoms with van der Waals surface area (Å²) in [6.07, 6.45) is 0. The van der Waals surface area contributed by atoms with Crippen LogP contribution in [-0.2, 0) is 17.4 Å². The fraction of sp³-hybridized carbons (Fsp3) is 0. The predicted molar refractivity (Wildman–Crippen MR) is 151 cm³/mol. The molecule has 6 rings (SSSR count). The average molecular weight is 620 g/mol. The SMILES string of the molecule is O=C(O)c1ccc2cccc(O)c2n1.O=C(O)c1ccc2cccc(O)c2n1.O=C(O)c1ccc2cccc(O)c2n1.[Cr]. The van der Waals surface area contributed by atoms with Gasteiger partial charge in [-0.15, -0.1) is 0 Å². The minimum absolute atomic E-state index is 0. The van der Waals surface area contributed by atoms with Crippen molar-refractivity contribution in [2.75, 3.05) is 0 Å². The Morgan fingerprint density at radius 1 is 0.419 bits per heavy atom. The van der Waals surface area contributed by atoms with Crippen LogP contribution in [0.1, 0.15) is 31.5 Å². The number of carbonyl (C=O) groups is 3. The van der Waals surface area contributed by atoms with Crippen molar-refractivity contribution in [3.63, 3.8) is 0 Å². The summed E-state index contributed by atoms with van der Waals surface area (Å²) in [6, 6.07) is 23.8. The second-order valence-electron chi connectivity index (χ2n) is 8.55. The number of hydrogen-bond donors (Lipinski definition) is 6. The molecule has 6 N–H and O–H groups in total. The first-order valence-electron chi connectivity index (χ1n) is 12.0. The Hall–Kier alpha value is -5.77. The quantitative estimate of drug-likeness (QED) is 0.156. The minimum Gasteiger partial charge on any atom is -0.506 e. The summed E-state index contributed by atoms with van der Waals surface area (Å²) in [6.45, 7) is 0. The van der Waals surface area contributed by atoms with Crippen molar-refractivity contribution >= 4 is 50.6 Å². The van der Waals surface area contributed by atoms with Gasteiger partial charge < -0.3 is 30.6 Å². The van der Waals surface area contributed by atoms with Gasteiger partial charge in [-0.1, -0.05) is 54.6 Å². The third-order valence-corrected chi connectivity index (χ3v) is 5.75.